The summed E-state index contributed by atoms with van der Waals surface area (Å²) in [5.74, 6) is 0.732. The predicted molar refractivity (Wildman–Crippen MR) is 88.5 cm³/mol. The summed E-state index contributed by atoms with van der Waals surface area (Å²) in [7, 11) is 0. The van der Waals surface area contributed by atoms with Crippen LogP contribution in [0.5, 0.6) is 5.75 Å². The van der Waals surface area contributed by atoms with Crippen molar-refractivity contribution in [1.82, 2.24) is 0 Å². The molecule has 0 heterocycles. The van der Waals surface area contributed by atoms with Crippen molar-refractivity contribution in [3.05, 3.63) is 59.7 Å². The van der Waals surface area contributed by atoms with Gasteiger partial charge in [0, 0.05) is 10.5 Å². The second kappa shape index (κ2) is 7.89. The van der Waals surface area contributed by atoms with Crippen molar-refractivity contribution in [2.24, 2.45) is 0 Å². The average Bonchev–Trinajstić information content (AvgIpc) is 2.54. The van der Waals surface area contributed by atoms with Gasteiger partial charge in [0.25, 0.3) is 0 Å². The molecule has 2 rings (SSSR count). The lowest BCUT2D eigenvalue weighted by Gasteiger charge is -2.07. The molecule has 0 radical (unpaired) electrons. The van der Waals surface area contributed by atoms with E-state index in [1.807, 2.05) is 54.8 Å². The molecule has 0 aliphatic carbocycles. The van der Waals surface area contributed by atoms with Crippen LogP contribution in [-0.4, -0.2) is 18.6 Å². The van der Waals surface area contributed by atoms with Crippen molar-refractivity contribution in [2.45, 2.75) is 24.7 Å². The van der Waals surface area contributed by atoms with Gasteiger partial charge in [0.1, 0.15) is 5.75 Å². The Labute approximate surface area is 130 Å². The van der Waals surface area contributed by atoms with Gasteiger partial charge < -0.3 is 4.74 Å². The molecule has 0 unspecified atom stereocenters. The zero-order valence-corrected chi connectivity index (χ0v) is 13.3. The molecule has 0 atom stereocenters. The third-order valence-electron chi connectivity index (χ3n) is 3.24. The van der Waals surface area contributed by atoms with Gasteiger partial charge in [-0.3, -0.25) is 4.79 Å². The first-order valence-electron chi connectivity index (χ1n) is 7.12. The lowest BCUT2D eigenvalue weighted by molar-refractivity contribution is 0.0921. The van der Waals surface area contributed by atoms with E-state index in [0.29, 0.717) is 5.56 Å². The molecule has 2 aromatic rings. The van der Waals surface area contributed by atoms with Gasteiger partial charge in [0.2, 0.25) is 0 Å². The van der Waals surface area contributed by atoms with E-state index in [1.165, 1.54) is 10.5 Å². The number of carbonyl (C=O) groups is 1. The minimum absolute atomic E-state index is 0.00647. The summed E-state index contributed by atoms with van der Waals surface area (Å²) < 4.78 is 5.54. The number of thioether (sulfide) groups is 1. The van der Waals surface area contributed by atoms with Crippen molar-refractivity contribution in [3.8, 4) is 5.75 Å². The van der Waals surface area contributed by atoms with Gasteiger partial charge in [-0.1, -0.05) is 37.6 Å². The van der Waals surface area contributed by atoms with E-state index in [4.69, 9.17) is 4.74 Å². The Bertz CT molecular complexity index is 573. The van der Waals surface area contributed by atoms with E-state index >= 15 is 0 Å². The lowest BCUT2D eigenvalue weighted by Crippen LogP contribution is -2.11. The standard InChI is InChI=1S/C18H20O2S/c1-3-4-14-5-7-15(8-6-14)18(19)13-20-16-9-11-17(21-2)12-10-16/h5-12H,3-4,13H2,1-2H3. The Hall–Kier alpha value is -1.74. The van der Waals surface area contributed by atoms with Crippen LogP contribution in [0.25, 0.3) is 0 Å². The monoisotopic (exact) mass is 300 g/mol. The number of aryl methyl sites for hydroxylation is 1. The van der Waals surface area contributed by atoms with Crippen LogP contribution in [-0.2, 0) is 6.42 Å². The van der Waals surface area contributed by atoms with Crippen LogP contribution in [0.1, 0.15) is 29.3 Å². The van der Waals surface area contributed by atoms with E-state index in [-0.39, 0.29) is 12.4 Å². The Morgan fingerprint density at radius 2 is 1.71 bits per heavy atom. The third kappa shape index (κ3) is 4.64. The zero-order valence-electron chi connectivity index (χ0n) is 12.5. The second-order valence-electron chi connectivity index (χ2n) is 4.83. The van der Waals surface area contributed by atoms with Crippen molar-refractivity contribution in [2.75, 3.05) is 12.9 Å². The molecule has 0 aliphatic heterocycles. The maximum Gasteiger partial charge on any atom is 0.200 e. The number of carbonyl (C=O) groups excluding carboxylic acids is 1. The molecule has 0 bridgehead atoms. The summed E-state index contributed by atoms with van der Waals surface area (Å²) in [5.41, 5.74) is 1.97. The van der Waals surface area contributed by atoms with Crippen LogP contribution >= 0.6 is 11.8 Å². The van der Waals surface area contributed by atoms with Crippen molar-refractivity contribution < 1.29 is 9.53 Å². The smallest absolute Gasteiger partial charge is 0.200 e. The van der Waals surface area contributed by atoms with Gasteiger partial charge in [-0.05, 0) is 42.5 Å². The topological polar surface area (TPSA) is 26.3 Å². The highest BCUT2D eigenvalue weighted by Crippen LogP contribution is 2.19. The molecule has 3 heteroatoms. The van der Waals surface area contributed by atoms with Gasteiger partial charge in [-0.25, -0.2) is 0 Å². The highest BCUT2D eigenvalue weighted by atomic mass is 32.2. The molecule has 2 nitrogen and oxygen atoms in total. The predicted octanol–water partition coefficient (Wildman–Crippen LogP) is 4.62. The number of rotatable bonds is 7. The molecule has 0 aromatic heterocycles. The molecule has 110 valence electrons. The number of hydrogen-bond acceptors (Lipinski definition) is 3. The molecule has 0 amide bonds. The molecule has 0 N–H and O–H groups in total. The molecular formula is C18H20O2S. The van der Waals surface area contributed by atoms with E-state index in [9.17, 15) is 4.79 Å². The largest absolute Gasteiger partial charge is 0.485 e. The molecular weight excluding hydrogens is 280 g/mol. The van der Waals surface area contributed by atoms with Crippen LogP contribution < -0.4 is 4.74 Å². The molecule has 0 spiro atoms. The molecule has 2 aromatic carbocycles. The summed E-state index contributed by atoms with van der Waals surface area (Å²) in [6.07, 6.45) is 4.19. The maximum absolute atomic E-state index is 12.1. The van der Waals surface area contributed by atoms with Crippen LogP contribution in [0.15, 0.2) is 53.4 Å². The van der Waals surface area contributed by atoms with Crippen molar-refractivity contribution in [3.63, 3.8) is 0 Å². The Morgan fingerprint density at radius 3 is 2.29 bits per heavy atom. The van der Waals surface area contributed by atoms with Gasteiger partial charge in [0.05, 0.1) is 0 Å². The lowest BCUT2D eigenvalue weighted by atomic mass is 10.1. The highest BCUT2D eigenvalue weighted by Gasteiger charge is 2.07. The van der Waals surface area contributed by atoms with Crippen LogP contribution in [0.3, 0.4) is 0 Å². The van der Waals surface area contributed by atoms with E-state index in [1.54, 1.807) is 11.8 Å². The fraction of sp³-hybridized carbons (Fsp3) is 0.278. The van der Waals surface area contributed by atoms with E-state index in [2.05, 4.69) is 6.92 Å². The number of Topliss-reactive ketones (excluding diaryl/α,β-unsaturated/α-hetero) is 1. The van der Waals surface area contributed by atoms with Crippen molar-refractivity contribution in [1.29, 1.82) is 0 Å². The maximum atomic E-state index is 12.1. The minimum Gasteiger partial charge on any atom is -0.485 e. The second-order valence-corrected chi connectivity index (χ2v) is 5.71. The first-order valence-corrected chi connectivity index (χ1v) is 8.34. The van der Waals surface area contributed by atoms with Crippen LogP contribution in [0, 0.1) is 0 Å². The van der Waals surface area contributed by atoms with Gasteiger partial charge in [-0.2, -0.15) is 0 Å². The first kappa shape index (κ1) is 15.6. The third-order valence-corrected chi connectivity index (χ3v) is 3.99. The fourth-order valence-electron chi connectivity index (χ4n) is 2.05. The fourth-order valence-corrected chi connectivity index (χ4v) is 2.46. The molecule has 0 saturated heterocycles. The Kier molecular flexibility index (Phi) is 5.88. The SMILES string of the molecule is CCCc1ccc(C(=O)COc2ccc(SC)cc2)cc1. The normalized spacial score (nSPS) is 10.4. The number of hydrogen-bond donors (Lipinski definition) is 0. The summed E-state index contributed by atoms with van der Waals surface area (Å²) in [6.45, 7) is 2.22. The first-order chi connectivity index (χ1) is 10.2. The van der Waals surface area contributed by atoms with E-state index < -0.39 is 0 Å². The summed E-state index contributed by atoms with van der Waals surface area (Å²) in [5, 5.41) is 0. The summed E-state index contributed by atoms with van der Waals surface area (Å²) in [4.78, 5) is 13.3. The van der Waals surface area contributed by atoms with Crippen LogP contribution in [0.4, 0.5) is 0 Å². The zero-order chi connectivity index (χ0) is 15.1. The Morgan fingerprint density at radius 1 is 1.05 bits per heavy atom. The molecule has 21 heavy (non-hydrogen) atoms. The van der Waals surface area contributed by atoms with Crippen molar-refractivity contribution >= 4 is 17.5 Å². The van der Waals surface area contributed by atoms with Gasteiger partial charge in [0.15, 0.2) is 12.4 Å². The highest BCUT2D eigenvalue weighted by molar-refractivity contribution is 7.98. The number of benzene rings is 2. The quantitative estimate of drug-likeness (QED) is 0.551. The number of ketones is 1. The summed E-state index contributed by atoms with van der Waals surface area (Å²) >= 11 is 1.68. The van der Waals surface area contributed by atoms with Gasteiger partial charge in [-0.15, -0.1) is 11.8 Å². The molecule has 0 saturated carbocycles. The molecule has 0 fully saturated rings. The minimum atomic E-state index is 0.00647. The van der Waals surface area contributed by atoms with E-state index in [0.717, 1.165) is 18.6 Å². The summed E-state index contributed by atoms with van der Waals surface area (Å²) in [6, 6.07) is 15.6. The molecule has 0 aliphatic rings. The Balaban J connectivity index is 1.91. The van der Waals surface area contributed by atoms with Gasteiger partial charge >= 0.3 is 0 Å². The van der Waals surface area contributed by atoms with Crippen LogP contribution in [0.2, 0.25) is 0 Å². The number of ether oxygens (including phenoxy) is 1. The average molecular weight is 300 g/mol.